The van der Waals surface area contributed by atoms with E-state index in [1.165, 1.54) is 24.3 Å². The molecule has 0 saturated carbocycles. The summed E-state index contributed by atoms with van der Waals surface area (Å²) in [6.45, 7) is 0.135. The number of benzene rings is 1. The van der Waals surface area contributed by atoms with Gasteiger partial charge in [0.2, 0.25) is 0 Å². The average Bonchev–Trinajstić information content (AvgIpc) is 2.55. The highest BCUT2D eigenvalue weighted by molar-refractivity contribution is 5.94. The molecule has 1 aromatic carbocycles. The van der Waals surface area contributed by atoms with E-state index in [2.05, 4.69) is 10.1 Å². The number of hydrogen-bond donors (Lipinski definition) is 1. The lowest BCUT2D eigenvalue weighted by molar-refractivity contribution is -0.0498. The predicted molar refractivity (Wildman–Crippen MR) is 82.2 cm³/mol. The van der Waals surface area contributed by atoms with E-state index in [1.807, 2.05) is 0 Å². The van der Waals surface area contributed by atoms with Crippen LogP contribution in [0.25, 0.3) is 0 Å². The summed E-state index contributed by atoms with van der Waals surface area (Å²) in [4.78, 5) is 25.4. The third kappa shape index (κ3) is 5.07. The zero-order chi connectivity index (χ0) is 17.5. The van der Waals surface area contributed by atoms with Gasteiger partial charge in [-0.2, -0.15) is 8.78 Å². The van der Waals surface area contributed by atoms with Gasteiger partial charge in [0.05, 0.1) is 6.61 Å². The molecule has 0 aliphatic carbocycles. The lowest BCUT2D eigenvalue weighted by atomic mass is 10.0. The van der Waals surface area contributed by atoms with Crippen LogP contribution in [0.15, 0.2) is 24.3 Å². The van der Waals surface area contributed by atoms with E-state index in [4.69, 9.17) is 4.74 Å². The summed E-state index contributed by atoms with van der Waals surface area (Å²) in [5.74, 6) is -0.418. The second-order valence-corrected chi connectivity index (χ2v) is 5.34. The highest BCUT2D eigenvalue weighted by atomic mass is 19.3. The second kappa shape index (κ2) is 8.47. The number of rotatable bonds is 5. The number of likely N-dealkylation sites (tertiary alicyclic amines) is 1. The lowest BCUT2D eigenvalue weighted by Crippen LogP contribution is -2.46. The Bertz CT molecular complexity index is 575. The second-order valence-electron chi connectivity index (χ2n) is 5.34. The molecule has 24 heavy (non-hydrogen) atoms. The summed E-state index contributed by atoms with van der Waals surface area (Å²) in [6, 6.07) is 5.57. The monoisotopic (exact) mass is 342 g/mol. The summed E-state index contributed by atoms with van der Waals surface area (Å²) >= 11 is 0. The van der Waals surface area contributed by atoms with E-state index >= 15 is 0 Å². The van der Waals surface area contributed by atoms with Gasteiger partial charge in [0.25, 0.3) is 5.91 Å². The number of amides is 2. The maximum atomic E-state index is 12.2. The number of carbonyl (C=O) groups excluding carboxylic acids is 2. The lowest BCUT2D eigenvalue weighted by Gasteiger charge is -2.31. The predicted octanol–water partition coefficient (Wildman–Crippen LogP) is 2.64. The molecule has 2 amide bonds. The molecule has 1 aliphatic heterocycles. The molecular formula is C16H20F2N2O4. The number of alkyl halides is 2. The van der Waals surface area contributed by atoms with Crippen LogP contribution in [0, 0.1) is 0 Å². The smallest absolute Gasteiger partial charge is 0.409 e. The van der Waals surface area contributed by atoms with Gasteiger partial charge >= 0.3 is 12.7 Å². The maximum absolute atomic E-state index is 12.2. The quantitative estimate of drug-likeness (QED) is 0.893. The molecule has 0 radical (unpaired) electrons. The van der Waals surface area contributed by atoms with Crippen molar-refractivity contribution in [2.75, 3.05) is 19.7 Å². The highest BCUT2D eigenvalue weighted by Crippen LogP contribution is 2.17. The molecular weight excluding hydrogens is 322 g/mol. The van der Waals surface area contributed by atoms with Gasteiger partial charge in [0.1, 0.15) is 5.75 Å². The molecule has 0 spiro atoms. The fraction of sp³-hybridized carbons (Fsp3) is 0.500. The molecule has 0 bridgehead atoms. The summed E-state index contributed by atoms with van der Waals surface area (Å²) in [5, 5.41) is 2.85. The fourth-order valence-electron chi connectivity index (χ4n) is 2.50. The Morgan fingerprint density at radius 3 is 2.67 bits per heavy atom. The number of hydrogen-bond acceptors (Lipinski definition) is 4. The van der Waals surface area contributed by atoms with Crippen molar-refractivity contribution in [3.63, 3.8) is 0 Å². The van der Waals surface area contributed by atoms with Crippen molar-refractivity contribution in [2.45, 2.75) is 32.4 Å². The molecule has 1 fully saturated rings. The van der Waals surface area contributed by atoms with E-state index in [0.717, 1.165) is 0 Å². The molecule has 6 nitrogen and oxygen atoms in total. The van der Waals surface area contributed by atoms with Crippen LogP contribution in [-0.4, -0.2) is 49.3 Å². The molecule has 0 unspecified atom stereocenters. The van der Waals surface area contributed by atoms with Gasteiger partial charge in [0, 0.05) is 24.7 Å². The minimum Gasteiger partial charge on any atom is -0.450 e. The van der Waals surface area contributed by atoms with Crippen molar-refractivity contribution < 1.29 is 27.8 Å². The van der Waals surface area contributed by atoms with E-state index in [0.29, 0.717) is 32.5 Å². The van der Waals surface area contributed by atoms with Gasteiger partial charge in [-0.15, -0.1) is 0 Å². The summed E-state index contributed by atoms with van der Waals surface area (Å²) in [7, 11) is 0. The van der Waals surface area contributed by atoms with Gasteiger partial charge in [0.15, 0.2) is 0 Å². The average molecular weight is 342 g/mol. The molecule has 2 rings (SSSR count). The van der Waals surface area contributed by atoms with Crippen LogP contribution in [0.1, 0.15) is 30.1 Å². The largest absolute Gasteiger partial charge is 0.450 e. The molecule has 1 aromatic rings. The number of carbonyl (C=O) groups is 2. The molecule has 132 valence electrons. The van der Waals surface area contributed by atoms with Crippen LogP contribution in [0.5, 0.6) is 5.75 Å². The number of ether oxygens (including phenoxy) is 2. The van der Waals surface area contributed by atoms with Crippen LogP contribution in [0.3, 0.4) is 0 Å². The third-order valence-electron chi connectivity index (χ3n) is 3.68. The summed E-state index contributed by atoms with van der Waals surface area (Å²) < 4.78 is 33.7. The van der Waals surface area contributed by atoms with Crippen LogP contribution in [0.2, 0.25) is 0 Å². The van der Waals surface area contributed by atoms with Crippen molar-refractivity contribution in [1.82, 2.24) is 10.2 Å². The Balaban J connectivity index is 1.86. The number of nitrogens with one attached hydrogen (secondary N) is 1. The highest BCUT2D eigenvalue weighted by Gasteiger charge is 2.24. The first-order valence-corrected chi connectivity index (χ1v) is 7.77. The Labute approximate surface area is 138 Å². The van der Waals surface area contributed by atoms with Gasteiger partial charge in [-0.3, -0.25) is 4.79 Å². The van der Waals surface area contributed by atoms with Gasteiger partial charge < -0.3 is 19.7 Å². The molecule has 0 aromatic heterocycles. The Hall–Kier alpha value is -2.38. The van der Waals surface area contributed by atoms with Crippen molar-refractivity contribution in [3.8, 4) is 5.75 Å². The topological polar surface area (TPSA) is 67.9 Å². The zero-order valence-corrected chi connectivity index (χ0v) is 13.3. The zero-order valence-electron chi connectivity index (χ0n) is 13.3. The Morgan fingerprint density at radius 1 is 1.33 bits per heavy atom. The summed E-state index contributed by atoms with van der Waals surface area (Å²) in [5.41, 5.74) is 0.251. The first-order chi connectivity index (χ1) is 11.5. The number of piperidine rings is 1. The molecule has 1 saturated heterocycles. The first-order valence-electron chi connectivity index (χ1n) is 7.77. The van der Waals surface area contributed by atoms with Crippen LogP contribution < -0.4 is 10.1 Å². The summed E-state index contributed by atoms with van der Waals surface area (Å²) in [6.07, 6.45) is 0.870. The minimum absolute atomic E-state index is 0.0604. The normalized spacial score (nSPS) is 15.2. The third-order valence-corrected chi connectivity index (χ3v) is 3.68. The first kappa shape index (κ1) is 18.0. The standard InChI is InChI=1S/C16H20F2N2O4/c1-2-23-16(22)20-8-6-12(7-9-20)19-14(21)11-4-3-5-13(10-11)24-15(17)18/h3-5,10,12,15H,2,6-9H2,1H3,(H,19,21). The van der Waals surface area contributed by atoms with Crippen molar-refractivity contribution in [2.24, 2.45) is 0 Å². The number of halogens is 2. The van der Waals surface area contributed by atoms with E-state index in [-0.39, 0.29) is 29.4 Å². The molecule has 0 atom stereocenters. The molecule has 1 N–H and O–H groups in total. The maximum Gasteiger partial charge on any atom is 0.409 e. The van der Waals surface area contributed by atoms with Crippen molar-refractivity contribution in [1.29, 1.82) is 0 Å². The van der Waals surface area contributed by atoms with Crippen molar-refractivity contribution in [3.05, 3.63) is 29.8 Å². The SMILES string of the molecule is CCOC(=O)N1CCC(NC(=O)c2cccc(OC(F)F)c2)CC1. The van der Waals surface area contributed by atoms with Crippen LogP contribution in [0.4, 0.5) is 13.6 Å². The van der Waals surface area contributed by atoms with Gasteiger partial charge in [-0.25, -0.2) is 4.79 Å². The molecule has 8 heteroatoms. The minimum atomic E-state index is -2.93. The van der Waals surface area contributed by atoms with Gasteiger partial charge in [-0.1, -0.05) is 6.07 Å². The Morgan fingerprint density at radius 2 is 2.04 bits per heavy atom. The fourth-order valence-corrected chi connectivity index (χ4v) is 2.50. The van der Waals surface area contributed by atoms with Crippen LogP contribution in [-0.2, 0) is 4.74 Å². The number of nitrogens with zero attached hydrogens (tertiary/aromatic N) is 1. The Kier molecular flexibility index (Phi) is 6.34. The van der Waals surface area contributed by atoms with Crippen LogP contribution >= 0.6 is 0 Å². The van der Waals surface area contributed by atoms with E-state index in [9.17, 15) is 18.4 Å². The van der Waals surface area contributed by atoms with Gasteiger partial charge in [-0.05, 0) is 38.0 Å². The van der Waals surface area contributed by atoms with E-state index < -0.39 is 6.61 Å². The molecule has 1 heterocycles. The van der Waals surface area contributed by atoms with E-state index in [1.54, 1.807) is 11.8 Å². The van der Waals surface area contributed by atoms with Crippen molar-refractivity contribution >= 4 is 12.0 Å². The molecule has 1 aliphatic rings.